The molecule has 1 atom stereocenters. The van der Waals surface area contributed by atoms with Gasteiger partial charge in [-0.2, -0.15) is 0 Å². The number of unbranched alkanes of at least 4 members (excludes halogenated alkanes) is 8. The summed E-state index contributed by atoms with van der Waals surface area (Å²) in [5, 5.41) is 3.12. The summed E-state index contributed by atoms with van der Waals surface area (Å²) in [5.74, 6) is 0.248. The number of carbonyl (C=O) groups is 1. The smallest absolute Gasteiger partial charge is 0.220 e. The predicted molar refractivity (Wildman–Crippen MR) is 84.4 cm³/mol. The van der Waals surface area contributed by atoms with E-state index in [0.29, 0.717) is 12.5 Å². The number of nitrogens with one attached hydrogen (secondary N) is 1. The second-order valence-electron chi connectivity index (χ2n) is 5.84. The lowest BCUT2D eigenvalue weighted by Crippen LogP contribution is -2.32. The van der Waals surface area contributed by atoms with Crippen LogP contribution in [0.3, 0.4) is 0 Å². The first-order valence-electron chi connectivity index (χ1n) is 8.50. The molecule has 2 heteroatoms. The minimum atomic E-state index is 0.248. The Morgan fingerprint density at radius 1 is 0.842 bits per heavy atom. The molecule has 2 nitrogen and oxygen atoms in total. The Bertz CT molecular complexity index is 203. The predicted octanol–water partition coefficient (Wildman–Crippen LogP) is 5.21. The van der Waals surface area contributed by atoms with Crippen molar-refractivity contribution in [2.24, 2.45) is 0 Å². The van der Waals surface area contributed by atoms with Crippen molar-refractivity contribution >= 4 is 5.91 Å². The molecule has 0 aromatic carbocycles. The Morgan fingerprint density at radius 3 is 1.95 bits per heavy atom. The van der Waals surface area contributed by atoms with Gasteiger partial charge in [-0.25, -0.2) is 0 Å². The van der Waals surface area contributed by atoms with E-state index in [1.807, 2.05) is 0 Å². The van der Waals surface area contributed by atoms with Crippen LogP contribution in [0.4, 0.5) is 0 Å². The van der Waals surface area contributed by atoms with E-state index in [-0.39, 0.29) is 5.91 Å². The fraction of sp³-hybridized carbons (Fsp3) is 0.941. The molecule has 1 amide bonds. The van der Waals surface area contributed by atoms with Gasteiger partial charge in [-0.1, -0.05) is 71.6 Å². The van der Waals surface area contributed by atoms with Gasteiger partial charge >= 0.3 is 0 Å². The quantitative estimate of drug-likeness (QED) is 0.457. The molecule has 0 aliphatic heterocycles. The molecule has 1 unspecified atom stereocenters. The molecule has 0 aliphatic rings. The lowest BCUT2D eigenvalue weighted by Gasteiger charge is -2.13. The fourth-order valence-corrected chi connectivity index (χ4v) is 2.36. The molecule has 0 fully saturated rings. The average Bonchev–Trinajstić information content (AvgIpc) is 2.38. The SMILES string of the molecule is CCCCCCCC(=O)NC(C)CCCCCCC. The van der Waals surface area contributed by atoms with Crippen molar-refractivity contribution in [2.75, 3.05) is 0 Å². The molecule has 0 radical (unpaired) electrons. The first kappa shape index (κ1) is 18.5. The van der Waals surface area contributed by atoms with Crippen molar-refractivity contribution in [2.45, 2.75) is 104 Å². The summed E-state index contributed by atoms with van der Waals surface area (Å²) < 4.78 is 0. The normalized spacial score (nSPS) is 12.4. The van der Waals surface area contributed by atoms with Crippen LogP contribution in [0.2, 0.25) is 0 Å². The van der Waals surface area contributed by atoms with Gasteiger partial charge < -0.3 is 5.32 Å². The Balaban J connectivity index is 3.37. The van der Waals surface area contributed by atoms with E-state index in [4.69, 9.17) is 0 Å². The molecular formula is C17H35NO. The molecule has 0 saturated heterocycles. The van der Waals surface area contributed by atoms with Gasteiger partial charge in [0.2, 0.25) is 5.91 Å². The minimum Gasteiger partial charge on any atom is -0.354 e. The van der Waals surface area contributed by atoms with Crippen molar-refractivity contribution in [1.29, 1.82) is 0 Å². The topological polar surface area (TPSA) is 29.1 Å². The van der Waals surface area contributed by atoms with Crippen LogP contribution in [0, 0.1) is 0 Å². The number of hydrogen-bond donors (Lipinski definition) is 1. The lowest BCUT2D eigenvalue weighted by atomic mass is 10.1. The summed E-state index contributed by atoms with van der Waals surface area (Å²) in [6, 6.07) is 0.352. The highest BCUT2D eigenvalue weighted by atomic mass is 16.1. The third-order valence-electron chi connectivity index (χ3n) is 3.66. The Labute approximate surface area is 120 Å². The highest BCUT2D eigenvalue weighted by Gasteiger charge is 2.06. The van der Waals surface area contributed by atoms with Crippen LogP contribution in [-0.2, 0) is 4.79 Å². The van der Waals surface area contributed by atoms with Gasteiger partial charge in [-0.3, -0.25) is 4.79 Å². The van der Waals surface area contributed by atoms with Crippen LogP contribution >= 0.6 is 0 Å². The van der Waals surface area contributed by atoms with Crippen molar-refractivity contribution < 1.29 is 4.79 Å². The second-order valence-corrected chi connectivity index (χ2v) is 5.84. The van der Waals surface area contributed by atoms with Gasteiger partial charge in [0.05, 0.1) is 0 Å². The van der Waals surface area contributed by atoms with E-state index in [1.165, 1.54) is 57.8 Å². The van der Waals surface area contributed by atoms with Gasteiger partial charge in [0.15, 0.2) is 0 Å². The van der Waals surface area contributed by atoms with Crippen molar-refractivity contribution in [3.63, 3.8) is 0 Å². The minimum absolute atomic E-state index is 0.248. The molecule has 1 N–H and O–H groups in total. The summed E-state index contributed by atoms with van der Waals surface area (Å²) in [6.07, 6.45) is 14.5. The van der Waals surface area contributed by atoms with E-state index in [2.05, 4.69) is 26.1 Å². The molecule has 0 aliphatic carbocycles. The highest BCUT2D eigenvalue weighted by Crippen LogP contribution is 2.08. The molecule has 0 spiro atoms. The summed E-state index contributed by atoms with van der Waals surface area (Å²) >= 11 is 0. The van der Waals surface area contributed by atoms with Gasteiger partial charge in [0, 0.05) is 12.5 Å². The fourth-order valence-electron chi connectivity index (χ4n) is 2.36. The molecule has 0 heterocycles. The summed E-state index contributed by atoms with van der Waals surface area (Å²) in [6.45, 7) is 6.59. The Kier molecular flexibility index (Phi) is 13.5. The van der Waals surface area contributed by atoms with Crippen LogP contribution in [-0.4, -0.2) is 11.9 Å². The van der Waals surface area contributed by atoms with Crippen molar-refractivity contribution in [3.05, 3.63) is 0 Å². The first-order valence-corrected chi connectivity index (χ1v) is 8.50. The largest absolute Gasteiger partial charge is 0.354 e. The van der Waals surface area contributed by atoms with Crippen LogP contribution in [0.15, 0.2) is 0 Å². The monoisotopic (exact) mass is 269 g/mol. The molecule has 0 aromatic rings. The molecule has 19 heavy (non-hydrogen) atoms. The van der Waals surface area contributed by atoms with E-state index >= 15 is 0 Å². The van der Waals surface area contributed by atoms with Gasteiger partial charge in [0.25, 0.3) is 0 Å². The molecule has 114 valence electrons. The van der Waals surface area contributed by atoms with Crippen molar-refractivity contribution in [1.82, 2.24) is 5.32 Å². The zero-order chi connectivity index (χ0) is 14.3. The number of carbonyl (C=O) groups excluding carboxylic acids is 1. The zero-order valence-electron chi connectivity index (χ0n) is 13.5. The lowest BCUT2D eigenvalue weighted by molar-refractivity contribution is -0.121. The van der Waals surface area contributed by atoms with Gasteiger partial charge in [-0.15, -0.1) is 0 Å². The van der Waals surface area contributed by atoms with Crippen LogP contribution in [0.5, 0.6) is 0 Å². The van der Waals surface area contributed by atoms with E-state index < -0.39 is 0 Å². The van der Waals surface area contributed by atoms with Crippen LogP contribution in [0.25, 0.3) is 0 Å². The van der Waals surface area contributed by atoms with Gasteiger partial charge in [0.1, 0.15) is 0 Å². The maximum absolute atomic E-state index is 11.7. The van der Waals surface area contributed by atoms with E-state index in [0.717, 1.165) is 12.8 Å². The number of hydrogen-bond acceptors (Lipinski definition) is 1. The van der Waals surface area contributed by atoms with E-state index in [9.17, 15) is 4.79 Å². The van der Waals surface area contributed by atoms with Crippen LogP contribution < -0.4 is 5.32 Å². The third-order valence-corrected chi connectivity index (χ3v) is 3.66. The molecule has 0 rings (SSSR count). The highest BCUT2D eigenvalue weighted by molar-refractivity contribution is 5.76. The average molecular weight is 269 g/mol. The standard InChI is InChI=1S/C17H35NO/c1-4-6-8-10-12-14-16(3)18-17(19)15-13-11-9-7-5-2/h16H,4-15H2,1-3H3,(H,18,19). The maximum Gasteiger partial charge on any atom is 0.220 e. The molecule has 0 bridgehead atoms. The number of amides is 1. The summed E-state index contributed by atoms with van der Waals surface area (Å²) in [7, 11) is 0. The van der Waals surface area contributed by atoms with Crippen molar-refractivity contribution in [3.8, 4) is 0 Å². The second kappa shape index (κ2) is 13.9. The summed E-state index contributed by atoms with van der Waals surface area (Å²) in [4.78, 5) is 11.7. The van der Waals surface area contributed by atoms with E-state index in [1.54, 1.807) is 0 Å². The zero-order valence-corrected chi connectivity index (χ0v) is 13.5. The Morgan fingerprint density at radius 2 is 1.37 bits per heavy atom. The molecular weight excluding hydrogens is 234 g/mol. The maximum atomic E-state index is 11.7. The molecule has 0 saturated carbocycles. The first-order chi connectivity index (χ1) is 9.20. The summed E-state index contributed by atoms with van der Waals surface area (Å²) in [5.41, 5.74) is 0. The van der Waals surface area contributed by atoms with Crippen LogP contribution in [0.1, 0.15) is 97.8 Å². The van der Waals surface area contributed by atoms with Gasteiger partial charge in [-0.05, 0) is 19.8 Å². The third kappa shape index (κ3) is 13.7. The number of rotatable bonds is 13. The molecule has 0 aromatic heterocycles. The Hall–Kier alpha value is -0.530.